The van der Waals surface area contributed by atoms with Crippen LogP contribution in [0.1, 0.15) is 68.9 Å². The summed E-state index contributed by atoms with van der Waals surface area (Å²) in [5, 5.41) is 0. The van der Waals surface area contributed by atoms with Gasteiger partial charge in [0, 0.05) is 35.8 Å². The molecule has 3 aromatic carbocycles. The molecule has 0 spiro atoms. The highest BCUT2D eigenvalue weighted by atomic mass is 16.6. The molecule has 0 radical (unpaired) electrons. The second-order valence-corrected chi connectivity index (χ2v) is 11.0. The topological polar surface area (TPSA) is 55.8 Å². The van der Waals surface area contributed by atoms with Gasteiger partial charge in [0.2, 0.25) is 0 Å². The van der Waals surface area contributed by atoms with E-state index in [0.717, 1.165) is 30.5 Å². The van der Waals surface area contributed by atoms with E-state index in [4.69, 9.17) is 9.47 Å². The Balaban J connectivity index is 1.60. The molecular weight excluding hydrogens is 474 g/mol. The van der Waals surface area contributed by atoms with Gasteiger partial charge >= 0.3 is 5.97 Å². The van der Waals surface area contributed by atoms with Crippen molar-refractivity contribution in [3.63, 3.8) is 0 Å². The highest BCUT2D eigenvalue weighted by Gasteiger charge is 2.32. The molecule has 0 saturated carbocycles. The van der Waals surface area contributed by atoms with Crippen LogP contribution in [0.25, 0.3) is 11.1 Å². The third-order valence-electron chi connectivity index (χ3n) is 7.15. The quantitative estimate of drug-likeness (QED) is 0.204. The number of ketones is 1. The number of fused-ring (bicyclic) bond motifs is 3. The van der Waals surface area contributed by atoms with Crippen molar-refractivity contribution in [3.05, 3.63) is 89.5 Å². The lowest BCUT2D eigenvalue weighted by Crippen LogP contribution is -2.44. The number of rotatable bonds is 11. The van der Waals surface area contributed by atoms with Crippen molar-refractivity contribution in [2.75, 3.05) is 13.2 Å². The Hall–Kier alpha value is -3.44. The molecule has 1 aliphatic carbocycles. The minimum atomic E-state index is -0.628. The number of hydrogen-bond donors (Lipinski definition) is 0. The lowest BCUT2D eigenvalue weighted by atomic mass is 9.97. The SMILES string of the molecule is CCC(CC)N(Cc1ccccc1)CC(COc1cccc2c1-c1ccccc1C2=O)OC(=O)C(C)(C)C. The Bertz CT molecular complexity index is 1260. The molecule has 5 heteroatoms. The Morgan fingerprint density at radius 1 is 0.842 bits per heavy atom. The maximum atomic E-state index is 13.0. The maximum absolute atomic E-state index is 13.0. The normalized spacial score (nSPS) is 13.4. The lowest BCUT2D eigenvalue weighted by molar-refractivity contribution is -0.161. The van der Waals surface area contributed by atoms with Crippen LogP contribution in [-0.4, -0.2) is 41.9 Å². The fraction of sp³-hybridized carbons (Fsp3) is 0.394. The number of ether oxygens (including phenoxy) is 2. The van der Waals surface area contributed by atoms with Gasteiger partial charge in [-0.15, -0.1) is 0 Å². The molecule has 0 amide bonds. The zero-order valence-corrected chi connectivity index (χ0v) is 23.2. The molecule has 38 heavy (non-hydrogen) atoms. The van der Waals surface area contributed by atoms with Crippen molar-refractivity contribution < 1.29 is 19.1 Å². The minimum Gasteiger partial charge on any atom is -0.489 e. The summed E-state index contributed by atoms with van der Waals surface area (Å²) >= 11 is 0. The maximum Gasteiger partial charge on any atom is 0.311 e. The Morgan fingerprint density at radius 3 is 2.13 bits per heavy atom. The number of benzene rings is 3. The number of carbonyl (C=O) groups is 2. The highest BCUT2D eigenvalue weighted by molar-refractivity contribution is 6.22. The first-order valence-electron chi connectivity index (χ1n) is 13.6. The van der Waals surface area contributed by atoms with Crippen molar-refractivity contribution in [1.82, 2.24) is 4.90 Å². The summed E-state index contributed by atoms with van der Waals surface area (Å²) in [4.78, 5) is 28.3. The number of nitrogens with zero attached hydrogens (tertiary/aromatic N) is 1. The molecular formula is C33H39NO4. The molecule has 200 valence electrons. The van der Waals surface area contributed by atoms with Gasteiger partial charge in [0.1, 0.15) is 18.5 Å². The van der Waals surface area contributed by atoms with E-state index in [1.807, 2.05) is 69.3 Å². The molecule has 0 saturated heterocycles. The van der Waals surface area contributed by atoms with E-state index >= 15 is 0 Å². The van der Waals surface area contributed by atoms with Gasteiger partial charge < -0.3 is 9.47 Å². The molecule has 4 rings (SSSR count). The molecule has 1 unspecified atom stereocenters. The first kappa shape index (κ1) is 27.6. The fourth-order valence-electron chi connectivity index (χ4n) is 5.02. The summed E-state index contributed by atoms with van der Waals surface area (Å²) in [7, 11) is 0. The molecule has 3 aromatic rings. The van der Waals surface area contributed by atoms with Gasteiger partial charge in [-0.3, -0.25) is 14.5 Å². The van der Waals surface area contributed by atoms with E-state index < -0.39 is 11.5 Å². The number of esters is 1. The highest BCUT2D eigenvalue weighted by Crippen LogP contribution is 2.42. The zero-order chi connectivity index (χ0) is 27.3. The molecule has 5 nitrogen and oxygen atoms in total. The standard InChI is InChI=1S/C33H39NO4/c1-6-24(7-2)34(20-23-14-9-8-10-15-23)21-25(38-32(36)33(3,4)5)22-37-29-19-13-18-28-30(29)26-16-11-12-17-27(26)31(28)35/h8-19,24-25H,6-7,20-22H2,1-5H3. The van der Waals surface area contributed by atoms with Crippen molar-refractivity contribution >= 4 is 11.8 Å². The van der Waals surface area contributed by atoms with Crippen LogP contribution in [0.5, 0.6) is 5.75 Å². The van der Waals surface area contributed by atoms with E-state index in [-0.39, 0.29) is 18.4 Å². The van der Waals surface area contributed by atoms with Crippen molar-refractivity contribution in [3.8, 4) is 16.9 Å². The number of carbonyl (C=O) groups excluding carboxylic acids is 2. The summed E-state index contributed by atoms with van der Waals surface area (Å²) in [5.74, 6) is 0.392. The van der Waals surface area contributed by atoms with E-state index in [1.165, 1.54) is 5.56 Å². The smallest absolute Gasteiger partial charge is 0.311 e. The predicted molar refractivity (Wildman–Crippen MR) is 151 cm³/mol. The third-order valence-corrected chi connectivity index (χ3v) is 7.15. The lowest BCUT2D eigenvalue weighted by Gasteiger charge is -2.34. The van der Waals surface area contributed by atoms with E-state index in [9.17, 15) is 9.59 Å². The van der Waals surface area contributed by atoms with Crippen LogP contribution in [0.2, 0.25) is 0 Å². The second kappa shape index (κ2) is 12.0. The molecule has 0 aliphatic heterocycles. The fourth-order valence-corrected chi connectivity index (χ4v) is 5.02. The van der Waals surface area contributed by atoms with Crippen LogP contribution < -0.4 is 4.74 Å². The molecule has 0 aromatic heterocycles. The van der Waals surface area contributed by atoms with Gasteiger partial charge in [-0.2, -0.15) is 0 Å². The monoisotopic (exact) mass is 513 g/mol. The van der Waals surface area contributed by atoms with Crippen molar-refractivity contribution in [2.24, 2.45) is 5.41 Å². The summed E-state index contributed by atoms with van der Waals surface area (Å²) in [6.45, 7) is 11.5. The average molecular weight is 514 g/mol. The average Bonchev–Trinajstić information content (AvgIpc) is 3.20. The molecule has 0 fully saturated rings. The van der Waals surface area contributed by atoms with E-state index in [1.54, 1.807) is 0 Å². The Labute approximate surface area is 226 Å². The molecule has 1 aliphatic rings. The van der Waals surface area contributed by atoms with Gasteiger partial charge in [0.05, 0.1) is 5.41 Å². The first-order chi connectivity index (χ1) is 18.2. The predicted octanol–water partition coefficient (Wildman–Crippen LogP) is 6.93. The molecule has 1 atom stereocenters. The van der Waals surface area contributed by atoms with Crippen LogP contribution >= 0.6 is 0 Å². The van der Waals surface area contributed by atoms with E-state index in [0.29, 0.717) is 29.5 Å². The van der Waals surface area contributed by atoms with Gasteiger partial charge in [-0.1, -0.05) is 80.6 Å². The largest absolute Gasteiger partial charge is 0.489 e. The van der Waals surface area contributed by atoms with Crippen LogP contribution in [0.3, 0.4) is 0 Å². The van der Waals surface area contributed by atoms with Crippen LogP contribution in [-0.2, 0) is 16.1 Å². The Morgan fingerprint density at radius 2 is 1.47 bits per heavy atom. The third kappa shape index (κ3) is 6.16. The van der Waals surface area contributed by atoms with Crippen LogP contribution in [0, 0.1) is 5.41 Å². The van der Waals surface area contributed by atoms with Gasteiger partial charge in [0.25, 0.3) is 0 Å². The molecule has 0 N–H and O–H groups in total. The van der Waals surface area contributed by atoms with Crippen molar-refractivity contribution in [2.45, 2.75) is 66.2 Å². The minimum absolute atomic E-state index is 0.0135. The van der Waals surface area contributed by atoms with Gasteiger partial charge in [-0.25, -0.2) is 0 Å². The number of hydrogen-bond acceptors (Lipinski definition) is 5. The van der Waals surface area contributed by atoms with Crippen LogP contribution in [0.15, 0.2) is 72.8 Å². The van der Waals surface area contributed by atoms with Crippen LogP contribution in [0.4, 0.5) is 0 Å². The zero-order valence-electron chi connectivity index (χ0n) is 23.2. The summed E-state index contributed by atoms with van der Waals surface area (Å²) in [5.41, 5.74) is 3.63. The van der Waals surface area contributed by atoms with E-state index in [2.05, 4.69) is 43.0 Å². The van der Waals surface area contributed by atoms with Crippen molar-refractivity contribution in [1.29, 1.82) is 0 Å². The summed E-state index contributed by atoms with van der Waals surface area (Å²) in [6, 6.07) is 23.9. The Kier molecular flexibility index (Phi) is 8.68. The molecule has 0 heterocycles. The second-order valence-electron chi connectivity index (χ2n) is 11.0. The van der Waals surface area contributed by atoms with Gasteiger partial charge in [-0.05, 0) is 50.8 Å². The summed E-state index contributed by atoms with van der Waals surface area (Å²) in [6.07, 6.45) is 1.51. The first-order valence-corrected chi connectivity index (χ1v) is 13.6. The summed E-state index contributed by atoms with van der Waals surface area (Å²) < 4.78 is 12.5. The molecule has 0 bridgehead atoms. The van der Waals surface area contributed by atoms with Gasteiger partial charge in [0.15, 0.2) is 5.78 Å².